The highest BCUT2D eigenvalue weighted by Gasteiger charge is 2.22. The normalized spacial score (nSPS) is 13.8. The van der Waals surface area contributed by atoms with E-state index in [1.807, 2.05) is 28.9 Å². The van der Waals surface area contributed by atoms with Crippen molar-refractivity contribution in [2.45, 2.75) is 32.5 Å². The zero-order chi connectivity index (χ0) is 18.1. The number of aromatic amines is 1. The molecule has 0 spiro atoms. The lowest BCUT2D eigenvalue weighted by Crippen LogP contribution is -2.38. The minimum Gasteiger partial charge on any atom is -0.390 e. The fourth-order valence-corrected chi connectivity index (χ4v) is 3.24. The van der Waals surface area contributed by atoms with Crippen molar-refractivity contribution in [1.82, 2.24) is 24.6 Å². The van der Waals surface area contributed by atoms with E-state index in [2.05, 4.69) is 15.1 Å². The lowest BCUT2D eigenvalue weighted by molar-refractivity contribution is -0.132. The molecule has 134 valence electrons. The molecule has 3 heterocycles. The predicted molar refractivity (Wildman–Crippen MR) is 94.3 cm³/mol. The average Bonchev–Trinajstić information content (AvgIpc) is 3.08. The van der Waals surface area contributed by atoms with Gasteiger partial charge in [0.1, 0.15) is 5.69 Å². The highest BCUT2D eigenvalue weighted by molar-refractivity contribution is 5.77. The molecule has 0 atom stereocenters. The summed E-state index contributed by atoms with van der Waals surface area (Å²) in [6, 6.07) is 9.15. The van der Waals surface area contributed by atoms with Gasteiger partial charge in [-0.25, -0.2) is 4.98 Å². The van der Waals surface area contributed by atoms with Gasteiger partial charge in [-0.1, -0.05) is 12.1 Å². The Morgan fingerprint density at radius 3 is 2.96 bits per heavy atom. The fraction of sp³-hybridized carbons (Fsp3) is 0.333. The minimum atomic E-state index is -0.249. The number of benzene rings is 1. The highest BCUT2D eigenvalue weighted by atomic mass is 16.3. The van der Waals surface area contributed by atoms with Crippen molar-refractivity contribution in [2.24, 2.45) is 0 Å². The first kappa shape index (κ1) is 16.5. The Balaban J connectivity index is 1.44. The zero-order valence-corrected chi connectivity index (χ0v) is 14.2. The smallest absolute Gasteiger partial charge is 0.270 e. The summed E-state index contributed by atoms with van der Waals surface area (Å²) >= 11 is 0. The molecule has 0 aliphatic carbocycles. The van der Waals surface area contributed by atoms with Crippen molar-refractivity contribution < 1.29 is 9.90 Å². The molecule has 8 heteroatoms. The van der Waals surface area contributed by atoms with E-state index >= 15 is 0 Å². The third kappa shape index (κ3) is 3.11. The molecule has 0 radical (unpaired) electrons. The second-order valence-corrected chi connectivity index (χ2v) is 6.35. The van der Waals surface area contributed by atoms with Crippen molar-refractivity contribution in [3.63, 3.8) is 0 Å². The summed E-state index contributed by atoms with van der Waals surface area (Å²) in [5.74, 6) is -0.0163. The SMILES string of the molecule is O=C(CCc1nc2ccccc2[nH]c1=O)N1CCn2nc(CO)cc2C1. The number of hydrogen-bond donors (Lipinski definition) is 2. The first-order valence-electron chi connectivity index (χ1n) is 8.56. The number of nitrogens with one attached hydrogen (secondary N) is 1. The standard InChI is InChI=1S/C18H19N5O3/c24-11-12-9-13-10-22(7-8-23(13)21-12)17(25)6-5-16-18(26)20-15-4-2-1-3-14(15)19-16/h1-4,9,24H,5-8,10-11H2,(H,20,26). The number of aromatic nitrogens is 4. The van der Waals surface area contributed by atoms with Crippen LogP contribution in [0.5, 0.6) is 0 Å². The number of carbonyl (C=O) groups is 1. The second kappa shape index (κ2) is 6.72. The number of aryl methyl sites for hydroxylation is 1. The Hall–Kier alpha value is -3.00. The summed E-state index contributed by atoms with van der Waals surface area (Å²) < 4.78 is 1.82. The summed E-state index contributed by atoms with van der Waals surface area (Å²) in [4.78, 5) is 33.6. The number of fused-ring (bicyclic) bond motifs is 2. The van der Waals surface area contributed by atoms with Crippen LogP contribution in [-0.2, 0) is 30.9 Å². The van der Waals surface area contributed by atoms with Crippen LogP contribution in [-0.4, -0.2) is 42.2 Å². The van der Waals surface area contributed by atoms with E-state index in [0.29, 0.717) is 48.5 Å². The molecule has 1 aliphatic heterocycles. The Labute approximate surface area is 149 Å². The molecule has 0 saturated heterocycles. The Morgan fingerprint density at radius 2 is 2.12 bits per heavy atom. The Bertz CT molecular complexity index is 1020. The summed E-state index contributed by atoms with van der Waals surface area (Å²) in [6.07, 6.45) is 0.534. The van der Waals surface area contributed by atoms with Crippen LogP contribution in [0, 0.1) is 0 Å². The molecule has 3 aromatic rings. The van der Waals surface area contributed by atoms with Gasteiger partial charge in [0.05, 0.1) is 42.1 Å². The molecule has 0 bridgehead atoms. The Morgan fingerprint density at radius 1 is 1.27 bits per heavy atom. The summed E-state index contributed by atoms with van der Waals surface area (Å²) in [6.45, 7) is 1.54. The molecule has 1 aliphatic rings. The predicted octanol–water partition coefficient (Wildman–Crippen LogP) is 0.587. The zero-order valence-electron chi connectivity index (χ0n) is 14.2. The van der Waals surface area contributed by atoms with Crippen LogP contribution in [0.3, 0.4) is 0 Å². The quantitative estimate of drug-likeness (QED) is 0.714. The topological polar surface area (TPSA) is 104 Å². The molecule has 26 heavy (non-hydrogen) atoms. The number of aliphatic hydroxyl groups is 1. The number of hydrogen-bond acceptors (Lipinski definition) is 5. The first-order chi connectivity index (χ1) is 12.6. The first-order valence-corrected chi connectivity index (χ1v) is 8.56. The van der Waals surface area contributed by atoms with Crippen molar-refractivity contribution >= 4 is 16.9 Å². The van der Waals surface area contributed by atoms with Crippen LogP contribution in [0.4, 0.5) is 0 Å². The summed E-state index contributed by atoms with van der Waals surface area (Å²) in [5, 5.41) is 13.4. The minimum absolute atomic E-state index is 0.0163. The van der Waals surface area contributed by atoms with Crippen LogP contribution in [0.1, 0.15) is 23.5 Å². The molecule has 8 nitrogen and oxygen atoms in total. The highest BCUT2D eigenvalue weighted by Crippen LogP contribution is 2.15. The van der Waals surface area contributed by atoms with E-state index in [1.165, 1.54) is 0 Å². The van der Waals surface area contributed by atoms with Gasteiger partial charge in [-0.2, -0.15) is 5.10 Å². The summed E-state index contributed by atoms with van der Waals surface area (Å²) in [5.41, 5.74) is 3.06. The monoisotopic (exact) mass is 353 g/mol. The fourth-order valence-electron chi connectivity index (χ4n) is 3.24. The van der Waals surface area contributed by atoms with Crippen LogP contribution in [0.2, 0.25) is 0 Å². The van der Waals surface area contributed by atoms with Crippen LogP contribution < -0.4 is 5.56 Å². The number of carbonyl (C=O) groups excluding carboxylic acids is 1. The lowest BCUT2D eigenvalue weighted by Gasteiger charge is -2.27. The Kier molecular flexibility index (Phi) is 4.26. The van der Waals surface area contributed by atoms with Gasteiger partial charge in [-0.3, -0.25) is 14.3 Å². The number of rotatable bonds is 4. The van der Waals surface area contributed by atoms with Gasteiger partial charge in [0.25, 0.3) is 5.56 Å². The third-order valence-electron chi connectivity index (χ3n) is 4.61. The van der Waals surface area contributed by atoms with E-state index in [0.717, 1.165) is 5.69 Å². The maximum atomic E-state index is 12.5. The van der Waals surface area contributed by atoms with Crippen molar-refractivity contribution in [3.05, 3.63) is 57.8 Å². The third-order valence-corrected chi connectivity index (χ3v) is 4.61. The van der Waals surface area contributed by atoms with E-state index < -0.39 is 0 Å². The molecule has 0 saturated carbocycles. The molecule has 0 unspecified atom stereocenters. The average molecular weight is 353 g/mol. The van der Waals surface area contributed by atoms with Gasteiger partial charge in [0, 0.05) is 19.4 Å². The maximum absolute atomic E-state index is 12.5. The lowest BCUT2D eigenvalue weighted by atomic mass is 10.2. The molecule has 1 aromatic carbocycles. The van der Waals surface area contributed by atoms with Gasteiger partial charge in [-0.15, -0.1) is 0 Å². The van der Waals surface area contributed by atoms with Crippen LogP contribution in [0.25, 0.3) is 11.0 Å². The van der Waals surface area contributed by atoms with Crippen LogP contribution in [0.15, 0.2) is 35.1 Å². The number of H-pyrrole nitrogens is 1. The van der Waals surface area contributed by atoms with E-state index in [1.54, 1.807) is 11.0 Å². The molecule has 0 fully saturated rings. The summed E-state index contributed by atoms with van der Waals surface area (Å²) in [7, 11) is 0. The van der Waals surface area contributed by atoms with E-state index in [-0.39, 0.29) is 24.5 Å². The second-order valence-electron chi connectivity index (χ2n) is 6.35. The van der Waals surface area contributed by atoms with E-state index in [9.17, 15) is 14.7 Å². The van der Waals surface area contributed by atoms with Crippen molar-refractivity contribution in [3.8, 4) is 0 Å². The van der Waals surface area contributed by atoms with Gasteiger partial charge < -0.3 is 15.0 Å². The van der Waals surface area contributed by atoms with Gasteiger partial charge in [-0.05, 0) is 18.2 Å². The van der Waals surface area contributed by atoms with Gasteiger partial charge >= 0.3 is 0 Å². The number of nitrogens with zero attached hydrogens (tertiary/aromatic N) is 4. The molecular weight excluding hydrogens is 334 g/mol. The van der Waals surface area contributed by atoms with Crippen LogP contribution >= 0.6 is 0 Å². The van der Waals surface area contributed by atoms with Crippen molar-refractivity contribution in [2.75, 3.05) is 6.54 Å². The largest absolute Gasteiger partial charge is 0.390 e. The van der Waals surface area contributed by atoms with E-state index in [4.69, 9.17) is 0 Å². The molecule has 2 N–H and O–H groups in total. The number of aliphatic hydroxyl groups excluding tert-OH is 1. The van der Waals surface area contributed by atoms with Crippen molar-refractivity contribution in [1.29, 1.82) is 0 Å². The molecular formula is C18H19N5O3. The molecule has 2 aromatic heterocycles. The number of para-hydroxylation sites is 2. The maximum Gasteiger partial charge on any atom is 0.270 e. The number of amides is 1. The van der Waals surface area contributed by atoms with Gasteiger partial charge in [0.15, 0.2) is 0 Å². The molecule has 1 amide bonds. The van der Waals surface area contributed by atoms with Gasteiger partial charge in [0.2, 0.25) is 5.91 Å². The molecule has 4 rings (SSSR count).